The van der Waals surface area contributed by atoms with Gasteiger partial charge in [-0.3, -0.25) is 10.1 Å². The minimum Gasteiger partial charge on any atom is -0.450 e. The Hall–Kier alpha value is -2.12. The molecule has 1 saturated carbocycles. The van der Waals surface area contributed by atoms with Gasteiger partial charge in [0.05, 0.1) is 12.8 Å². The predicted octanol–water partition coefficient (Wildman–Crippen LogP) is 0.125. The summed E-state index contributed by atoms with van der Waals surface area (Å²) in [5.41, 5.74) is 0. The van der Waals surface area contributed by atoms with Crippen LogP contribution in [-0.4, -0.2) is 39.6 Å². The highest BCUT2D eigenvalue weighted by atomic mass is 16.5. The lowest BCUT2D eigenvalue weighted by molar-refractivity contribution is -0.122. The monoisotopic (exact) mass is 253 g/mol. The van der Waals surface area contributed by atoms with Crippen molar-refractivity contribution in [3.05, 3.63) is 6.20 Å². The molecule has 8 nitrogen and oxygen atoms in total. The van der Waals surface area contributed by atoms with Gasteiger partial charge < -0.3 is 10.1 Å². The fourth-order valence-electron chi connectivity index (χ4n) is 1.33. The van der Waals surface area contributed by atoms with Gasteiger partial charge in [-0.1, -0.05) is 0 Å². The van der Waals surface area contributed by atoms with Crippen LogP contribution >= 0.6 is 0 Å². The van der Waals surface area contributed by atoms with E-state index in [1.54, 1.807) is 6.92 Å². The second-order valence-corrected chi connectivity index (χ2v) is 3.95. The van der Waals surface area contributed by atoms with Crippen molar-refractivity contribution in [2.75, 3.05) is 11.9 Å². The third-order valence-corrected chi connectivity index (χ3v) is 2.27. The molecular weight excluding hydrogens is 238 g/mol. The number of amides is 2. The maximum absolute atomic E-state index is 11.5. The molecule has 0 atom stereocenters. The van der Waals surface area contributed by atoms with Crippen molar-refractivity contribution in [1.29, 1.82) is 0 Å². The molecule has 1 heterocycles. The molecule has 0 bridgehead atoms. The van der Waals surface area contributed by atoms with E-state index in [4.69, 9.17) is 4.74 Å². The van der Waals surface area contributed by atoms with Gasteiger partial charge in [-0.2, -0.15) is 9.90 Å². The van der Waals surface area contributed by atoms with E-state index in [-0.39, 0.29) is 24.9 Å². The lowest BCUT2D eigenvalue weighted by Crippen LogP contribution is -2.30. The maximum atomic E-state index is 11.5. The van der Waals surface area contributed by atoms with Crippen molar-refractivity contribution >= 4 is 17.8 Å². The summed E-state index contributed by atoms with van der Waals surface area (Å²) < 4.78 is 4.69. The van der Waals surface area contributed by atoms with Gasteiger partial charge in [0.2, 0.25) is 5.91 Å². The third-order valence-electron chi connectivity index (χ3n) is 2.27. The van der Waals surface area contributed by atoms with Crippen LogP contribution in [0.3, 0.4) is 0 Å². The normalized spacial score (nSPS) is 14.1. The first-order valence-electron chi connectivity index (χ1n) is 5.80. The number of aromatic nitrogens is 3. The molecule has 1 aromatic rings. The quantitative estimate of drug-likeness (QED) is 0.777. The van der Waals surface area contributed by atoms with Crippen molar-refractivity contribution < 1.29 is 14.3 Å². The van der Waals surface area contributed by atoms with E-state index in [0.29, 0.717) is 6.04 Å². The second kappa shape index (κ2) is 5.48. The summed E-state index contributed by atoms with van der Waals surface area (Å²) >= 11 is 0. The Balaban J connectivity index is 1.81. The zero-order valence-corrected chi connectivity index (χ0v) is 10.0. The van der Waals surface area contributed by atoms with Crippen LogP contribution in [-0.2, 0) is 16.1 Å². The van der Waals surface area contributed by atoms with Crippen LogP contribution < -0.4 is 10.6 Å². The summed E-state index contributed by atoms with van der Waals surface area (Å²) in [5, 5.41) is 13.0. The van der Waals surface area contributed by atoms with Crippen LogP contribution in [0.25, 0.3) is 0 Å². The van der Waals surface area contributed by atoms with Crippen LogP contribution in [0.5, 0.6) is 0 Å². The summed E-state index contributed by atoms with van der Waals surface area (Å²) in [6, 6.07) is 0.310. The minimum absolute atomic E-state index is 0.0427. The molecule has 0 radical (unpaired) electrons. The van der Waals surface area contributed by atoms with E-state index in [1.165, 1.54) is 11.0 Å². The molecule has 1 aliphatic rings. The van der Waals surface area contributed by atoms with Gasteiger partial charge in [0.15, 0.2) is 5.82 Å². The van der Waals surface area contributed by atoms with Crippen LogP contribution in [0, 0.1) is 0 Å². The van der Waals surface area contributed by atoms with Gasteiger partial charge in [0, 0.05) is 6.04 Å². The van der Waals surface area contributed by atoms with Crippen molar-refractivity contribution in [1.82, 2.24) is 20.3 Å². The topological polar surface area (TPSA) is 98.1 Å². The van der Waals surface area contributed by atoms with E-state index in [9.17, 15) is 9.59 Å². The Labute approximate surface area is 104 Å². The summed E-state index contributed by atoms with van der Waals surface area (Å²) in [5.74, 6) is 0.128. The summed E-state index contributed by atoms with van der Waals surface area (Å²) in [6.07, 6.45) is 2.84. The molecule has 18 heavy (non-hydrogen) atoms. The fourth-order valence-corrected chi connectivity index (χ4v) is 1.33. The van der Waals surface area contributed by atoms with E-state index in [0.717, 1.165) is 12.8 Å². The molecule has 0 spiro atoms. The number of anilines is 1. The fraction of sp³-hybridized carbons (Fsp3) is 0.600. The van der Waals surface area contributed by atoms with Gasteiger partial charge in [-0.05, 0) is 19.8 Å². The SMILES string of the molecule is CCOC(=O)Nc1cnn(CC(=O)NC2CC2)n1. The summed E-state index contributed by atoms with van der Waals surface area (Å²) in [6.45, 7) is 2.03. The Morgan fingerprint density at radius 1 is 1.56 bits per heavy atom. The molecule has 0 aromatic carbocycles. The zero-order valence-electron chi connectivity index (χ0n) is 10.0. The van der Waals surface area contributed by atoms with E-state index in [1.807, 2.05) is 0 Å². The largest absolute Gasteiger partial charge is 0.450 e. The van der Waals surface area contributed by atoms with Crippen molar-refractivity contribution in [2.24, 2.45) is 0 Å². The molecular formula is C10H15N5O3. The first-order chi connectivity index (χ1) is 8.67. The number of hydrogen-bond acceptors (Lipinski definition) is 5. The highest BCUT2D eigenvalue weighted by Gasteiger charge is 2.23. The lowest BCUT2D eigenvalue weighted by Gasteiger charge is -2.02. The summed E-state index contributed by atoms with van der Waals surface area (Å²) in [4.78, 5) is 23.8. The average Bonchev–Trinajstić information content (AvgIpc) is 3.00. The van der Waals surface area contributed by atoms with Gasteiger partial charge in [0.1, 0.15) is 6.54 Å². The molecule has 1 aliphatic carbocycles. The number of carbonyl (C=O) groups is 2. The van der Waals surface area contributed by atoms with Gasteiger partial charge in [0.25, 0.3) is 0 Å². The van der Waals surface area contributed by atoms with E-state index < -0.39 is 6.09 Å². The molecule has 98 valence electrons. The highest BCUT2D eigenvalue weighted by molar-refractivity contribution is 5.83. The number of ether oxygens (including phenoxy) is 1. The first-order valence-corrected chi connectivity index (χ1v) is 5.80. The Morgan fingerprint density at radius 2 is 2.33 bits per heavy atom. The van der Waals surface area contributed by atoms with E-state index >= 15 is 0 Å². The Bertz CT molecular complexity index is 440. The molecule has 2 N–H and O–H groups in total. The average molecular weight is 253 g/mol. The first kappa shape index (κ1) is 12.3. The van der Waals surface area contributed by atoms with E-state index in [2.05, 4.69) is 20.8 Å². The third kappa shape index (κ3) is 3.72. The molecule has 0 unspecified atom stereocenters. The molecule has 8 heteroatoms. The van der Waals surface area contributed by atoms with Gasteiger partial charge >= 0.3 is 6.09 Å². The van der Waals surface area contributed by atoms with Crippen molar-refractivity contribution in [3.8, 4) is 0 Å². The number of carbonyl (C=O) groups excluding carboxylic acids is 2. The smallest absolute Gasteiger partial charge is 0.412 e. The molecule has 0 aliphatic heterocycles. The predicted molar refractivity (Wildman–Crippen MR) is 61.8 cm³/mol. The van der Waals surface area contributed by atoms with Crippen LogP contribution in [0.15, 0.2) is 6.20 Å². The number of rotatable bonds is 5. The lowest BCUT2D eigenvalue weighted by atomic mass is 10.5. The van der Waals surface area contributed by atoms with Gasteiger partial charge in [-0.25, -0.2) is 4.79 Å². The molecule has 1 fully saturated rings. The molecule has 1 aromatic heterocycles. The van der Waals surface area contributed by atoms with Crippen LogP contribution in [0.4, 0.5) is 10.6 Å². The number of nitrogens with one attached hydrogen (secondary N) is 2. The standard InChI is InChI=1S/C10H15N5O3/c1-2-18-10(17)13-8-5-11-15(14-8)6-9(16)12-7-3-4-7/h5,7H,2-4,6H2,1H3,(H,12,16)(H,13,14,17). The summed E-state index contributed by atoms with van der Waals surface area (Å²) in [7, 11) is 0. The van der Waals surface area contributed by atoms with Crippen LogP contribution in [0.2, 0.25) is 0 Å². The minimum atomic E-state index is -0.591. The van der Waals surface area contributed by atoms with Crippen LogP contribution in [0.1, 0.15) is 19.8 Å². The van der Waals surface area contributed by atoms with Crippen molar-refractivity contribution in [2.45, 2.75) is 32.4 Å². The molecule has 2 rings (SSSR count). The van der Waals surface area contributed by atoms with Crippen molar-refractivity contribution in [3.63, 3.8) is 0 Å². The molecule has 2 amide bonds. The number of hydrogen-bond donors (Lipinski definition) is 2. The second-order valence-electron chi connectivity index (χ2n) is 3.95. The Morgan fingerprint density at radius 3 is 3.00 bits per heavy atom. The highest BCUT2D eigenvalue weighted by Crippen LogP contribution is 2.18. The zero-order chi connectivity index (χ0) is 13.0. The Kier molecular flexibility index (Phi) is 3.75. The molecule has 0 saturated heterocycles. The maximum Gasteiger partial charge on any atom is 0.412 e. The van der Waals surface area contributed by atoms with Gasteiger partial charge in [-0.15, -0.1) is 5.10 Å². The number of nitrogens with zero attached hydrogens (tertiary/aromatic N) is 3.